The highest BCUT2D eigenvalue weighted by Crippen LogP contribution is 2.34. The second-order valence-electron chi connectivity index (χ2n) is 2.59. The Morgan fingerprint density at radius 2 is 2.23 bits per heavy atom. The number of nitrogens with zero attached hydrogens (tertiary/aromatic N) is 2. The van der Waals surface area contributed by atoms with Gasteiger partial charge in [0, 0.05) is 4.47 Å². The van der Waals surface area contributed by atoms with Crippen molar-refractivity contribution in [3.8, 4) is 5.88 Å². The van der Waals surface area contributed by atoms with E-state index in [0.717, 1.165) is 4.47 Å². The highest BCUT2D eigenvalue weighted by molar-refractivity contribution is 9.10. The largest absolute Gasteiger partial charge is 0.855 e. The number of benzene rings is 1. The normalized spacial score (nSPS) is 10.2. The topological polar surface area (TPSA) is 67.0 Å². The van der Waals surface area contributed by atoms with Gasteiger partial charge in [0.2, 0.25) is 5.39 Å². The van der Waals surface area contributed by atoms with E-state index in [-0.39, 0.29) is 11.6 Å². The van der Waals surface area contributed by atoms with Crippen molar-refractivity contribution in [3.05, 3.63) is 27.6 Å². The summed E-state index contributed by atoms with van der Waals surface area (Å²) < 4.78 is 0.837. The Bertz CT molecular complexity index is 512. The van der Waals surface area contributed by atoms with E-state index >= 15 is 0 Å². The van der Waals surface area contributed by atoms with Crippen LogP contribution in [-0.4, -0.2) is 4.98 Å². The van der Waals surface area contributed by atoms with Gasteiger partial charge < -0.3 is 10.1 Å². The molecule has 0 saturated carbocycles. The zero-order valence-electron chi connectivity index (χ0n) is 6.41. The first kappa shape index (κ1) is 8.08. The van der Waals surface area contributed by atoms with Crippen LogP contribution in [0.2, 0.25) is 0 Å². The molecule has 4 nitrogen and oxygen atoms in total. The monoisotopic (exact) mass is 237 g/mol. The molecule has 0 radical (unpaired) electrons. The maximum Gasteiger partial charge on any atom is 0.402 e. The van der Waals surface area contributed by atoms with Crippen molar-refractivity contribution in [3.63, 3.8) is 0 Å². The summed E-state index contributed by atoms with van der Waals surface area (Å²) in [6, 6.07) is 5.28. The number of diazo groups is 1. The van der Waals surface area contributed by atoms with Crippen LogP contribution >= 0.6 is 15.9 Å². The second kappa shape index (κ2) is 2.75. The lowest BCUT2D eigenvalue weighted by molar-refractivity contribution is -0.272. The molecule has 13 heavy (non-hydrogen) atoms. The molecular weight excluding hydrogens is 234 g/mol. The maximum absolute atomic E-state index is 11.2. The summed E-state index contributed by atoms with van der Waals surface area (Å²) in [5.41, 5.74) is 0.720. The number of nitrogens with one attached hydrogen (secondary N) is 1. The lowest BCUT2D eigenvalue weighted by atomic mass is 10.2. The average Bonchev–Trinajstić information content (AvgIpc) is 2.40. The molecule has 2 aromatic rings. The fourth-order valence-electron chi connectivity index (χ4n) is 1.22. The van der Waals surface area contributed by atoms with Gasteiger partial charge in [-0.15, -0.1) is 0 Å². The van der Waals surface area contributed by atoms with Crippen LogP contribution in [0.25, 0.3) is 15.9 Å². The molecule has 0 fully saturated rings. The Morgan fingerprint density at radius 1 is 1.46 bits per heavy atom. The highest BCUT2D eigenvalue weighted by atomic mass is 79.9. The molecule has 0 atom stereocenters. The van der Waals surface area contributed by atoms with Crippen molar-refractivity contribution in [1.82, 2.24) is 4.98 Å². The minimum atomic E-state index is -0.379. The minimum Gasteiger partial charge on any atom is -0.855 e. The van der Waals surface area contributed by atoms with Gasteiger partial charge in [0.1, 0.15) is 0 Å². The molecule has 0 aliphatic heterocycles. The summed E-state index contributed by atoms with van der Waals surface area (Å²) in [4.78, 5) is 5.51. The van der Waals surface area contributed by atoms with E-state index in [1.807, 2.05) is 0 Å². The van der Waals surface area contributed by atoms with E-state index in [1.165, 1.54) is 0 Å². The number of aromatic nitrogens is 1. The Kier molecular flexibility index (Phi) is 1.71. The lowest BCUT2D eigenvalue weighted by Gasteiger charge is -1.90. The summed E-state index contributed by atoms with van der Waals surface area (Å²) in [5, 5.41) is 20.4. The van der Waals surface area contributed by atoms with Gasteiger partial charge >= 0.3 is 5.69 Å². The van der Waals surface area contributed by atoms with Crippen molar-refractivity contribution in [1.29, 1.82) is 5.39 Å². The van der Waals surface area contributed by atoms with Crippen LogP contribution < -0.4 is 5.11 Å². The number of aromatic amines is 1. The van der Waals surface area contributed by atoms with Gasteiger partial charge in [0.25, 0.3) is 0 Å². The SMILES string of the molecule is N#[N+]c1c([O-])[nH]c2ccc(Br)cc12. The van der Waals surface area contributed by atoms with Crippen molar-refractivity contribution < 1.29 is 5.11 Å². The fraction of sp³-hybridized carbons (Fsp3) is 0. The number of hydrogen-bond donors (Lipinski definition) is 1. The maximum atomic E-state index is 11.2. The predicted molar refractivity (Wildman–Crippen MR) is 50.2 cm³/mol. The Hall–Kier alpha value is -1.54. The van der Waals surface area contributed by atoms with Crippen molar-refractivity contribution in [2.24, 2.45) is 0 Å². The minimum absolute atomic E-state index is 0.0521. The molecular formula is C8H4BrN3O. The highest BCUT2D eigenvalue weighted by Gasteiger charge is 2.15. The standard InChI is InChI=1S/C8H4BrN3O/c9-4-1-2-6-5(3-4)7(12-10)8(13)11-6/h1-3,10H. The zero-order valence-corrected chi connectivity index (χ0v) is 8.00. The molecule has 0 spiro atoms. The number of halogens is 1. The molecule has 64 valence electrons. The lowest BCUT2D eigenvalue weighted by Crippen LogP contribution is -1.87. The molecule has 2 rings (SSSR count). The summed E-state index contributed by atoms with van der Waals surface area (Å²) in [6.45, 7) is 0. The van der Waals surface area contributed by atoms with Gasteiger partial charge in [-0.3, -0.25) is 0 Å². The molecule has 0 amide bonds. The van der Waals surface area contributed by atoms with Gasteiger partial charge in [-0.2, -0.15) is 0 Å². The second-order valence-corrected chi connectivity index (χ2v) is 3.51. The van der Waals surface area contributed by atoms with Gasteiger partial charge in [-0.25, -0.2) is 0 Å². The fourth-order valence-corrected chi connectivity index (χ4v) is 1.59. The summed E-state index contributed by atoms with van der Waals surface area (Å²) in [7, 11) is 0. The van der Waals surface area contributed by atoms with E-state index in [2.05, 4.69) is 25.9 Å². The third-order valence-electron chi connectivity index (χ3n) is 1.80. The number of rotatable bonds is 0. The predicted octanol–water partition coefficient (Wildman–Crippen LogP) is 2.49. The van der Waals surface area contributed by atoms with E-state index in [1.54, 1.807) is 18.2 Å². The van der Waals surface area contributed by atoms with Crippen LogP contribution in [0.15, 0.2) is 22.7 Å². The first-order valence-electron chi connectivity index (χ1n) is 3.55. The molecule has 1 N–H and O–H groups in total. The third-order valence-corrected chi connectivity index (χ3v) is 2.29. The van der Waals surface area contributed by atoms with Gasteiger partial charge in [-0.05, 0) is 18.2 Å². The van der Waals surface area contributed by atoms with Crippen LogP contribution in [0.5, 0.6) is 5.88 Å². The van der Waals surface area contributed by atoms with Crippen LogP contribution in [0.3, 0.4) is 0 Å². The van der Waals surface area contributed by atoms with Gasteiger partial charge in [-0.1, -0.05) is 15.9 Å². The summed E-state index contributed by atoms with van der Waals surface area (Å²) in [5.74, 6) is -0.379. The number of H-pyrrole nitrogens is 1. The van der Waals surface area contributed by atoms with Crippen molar-refractivity contribution >= 4 is 32.5 Å². The van der Waals surface area contributed by atoms with E-state index < -0.39 is 0 Å². The third kappa shape index (κ3) is 1.15. The zero-order chi connectivity index (χ0) is 9.42. The van der Waals surface area contributed by atoms with E-state index in [9.17, 15) is 5.11 Å². The van der Waals surface area contributed by atoms with E-state index in [0.29, 0.717) is 10.9 Å². The molecule has 5 heteroatoms. The van der Waals surface area contributed by atoms with Crippen molar-refractivity contribution in [2.45, 2.75) is 0 Å². The molecule has 0 aliphatic carbocycles. The van der Waals surface area contributed by atoms with Gasteiger partial charge in [0.15, 0.2) is 4.98 Å². The van der Waals surface area contributed by atoms with E-state index in [4.69, 9.17) is 5.39 Å². The van der Waals surface area contributed by atoms with Crippen LogP contribution in [0, 0.1) is 5.39 Å². The molecule has 0 aliphatic rings. The first-order chi connectivity index (χ1) is 6.22. The van der Waals surface area contributed by atoms with Crippen LogP contribution in [0.4, 0.5) is 5.69 Å². The Balaban J connectivity index is 2.91. The molecule has 1 aromatic carbocycles. The number of hydrogen-bond acceptors (Lipinski definition) is 2. The Morgan fingerprint density at radius 3 is 2.92 bits per heavy atom. The molecule has 0 unspecified atom stereocenters. The Labute approximate surface area is 81.9 Å². The molecule has 0 bridgehead atoms. The molecule has 0 saturated heterocycles. The van der Waals surface area contributed by atoms with Crippen molar-refractivity contribution in [2.75, 3.05) is 0 Å². The first-order valence-corrected chi connectivity index (χ1v) is 4.35. The summed E-state index contributed by atoms with van der Waals surface area (Å²) >= 11 is 3.27. The van der Waals surface area contributed by atoms with Crippen LogP contribution in [-0.2, 0) is 0 Å². The van der Waals surface area contributed by atoms with Crippen LogP contribution in [0.1, 0.15) is 0 Å². The summed E-state index contributed by atoms with van der Waals surface area (Å²) in [6.07, 6.45) is 0. The smallest absolute Gasteiger partial charge is 0.402 e. The quantitative estimate of drug-likeness (QED) is 0.716. The molecule has 1 aromatic heterocycles. The molecule has 1 heterocycles. The van der Waals surface area contributed by atoms with Gasteiger partial charge in [0.05, 0.1) is 16.8 Å². The average molecular weight is 238 g/mol. The number of fused-ring (bicyclic) bond motifs is 1.